The number of carbonyl (C=O) groups excluding carboxylic acids is 1. The molecule has 0 unspecified atom stereocenters. The van der Waals surface area contributed by atoms with E-state index in [4.69, 9.17) is 14.2 Å². The van der Waals surface area contributed by atoms with Crippen LogP contribution < -0.4 is 14.4 Å². The highest BCUT2D eigenvalue weighted by Gasteiger charge is 2.30. The molecule has 138 valence electrons. The Labute approximate surface area is 153 Å². The molecular formula is C20H24N2O4. The number of esters is 1. The van der Waals surface area contributed by atoms with Gasteiger partial charge < -0.3 is 19.1 Å². The summed E-state index contributed by atoms with van der Waals surface area (Å²) in [5.74, 6) is 2.13. The van der Waals surface area contributed by atoms with Crippen LogP contribution in [0.3, 0.4) is 0 Å². The van der Waals surface area contributed by atoms with Crippen LogP contribution in [0.1, 0.15) is 41.7 Å². The molecule has 1 saturated heterocycles. The van der Waals surface area contributed by atoms with E-state index in [0.29, 0.717) is 12.2 Å². The Morgan fingerprint density at radius 1 is 1.23 bits per heavy atom. The van der Waals surface area contributed by atoms with Crippen LogP contribution in [0.4, 0.5) is 5.82 Å². The van der Waals surface area contributed by atoms with Gasteiger partial charge in [0.25, 0.3) is 0 Å². The number of benzene rings is 1. The van der Waals surface area contributed by atoms with E-state index in [0.717, 1.165) is 42.3 Å². The molecule has 1 fully saturated rings. The maximum absolute atomic E-state index is 11.8. The fraction of sp³-hybridized carbons (Fsp3) is 0.400. The molecule has 1 aromatic carbocycles. The van der Waals surface area contributed by atoms with Crippen LogP contribution in [0.25, 0.3) is 0 Å². The minimum atomic E-state index is -0.348. The maximum atomic E-state index is 11.8. The predicted octanol–water partition coefficient (Wildman–Crippen LogP) is 3.62. The van der Waals surface area contributed by atoms with Gasteiger partial charge in [0.2, 0.25) is 0 Å². The average molecular weight is 356 g/mol. The standard InChI is InChI=1S/C20H24N2O4/c1-4-26-20(23)14-7-10-19(21-13-14)22-11-5-6-17(22)16-12-15(24-2)8-9-18(16)25-3/h7-10,12-13,17H,4-6,11H2,1-3H3/t17-/m0/s1. The molecule has 0 saturated carbocycles. The van der Waals surface area contributed by atoms with E-state index < -0.39 is 0 Å². The van der Waals surface area contributed by atoms with E-state index in [-0.39, 0.29) is 12.0 Å². The summed E-state index contributed by atoms with van der Waals surface area (Å²) >= 11 is 0. The molecule has 6 nitrogen and oxygen atoms in total. The Balaban J connectivity index is 1.88. The molecule has 0 radical (unpaired) electrons. The summed E-state index contributed by atoms with van der Waals surface area (Å²) in [5.41, 5.74) is 1.55. The van der Waals surface area contributed by atoms with Crippen molar-refractivity contribution < 1.29 is 19.0 Å². The normalized spacial score (nSPS) is 16.4. The minimum Gasteiger partial charge on any atom is -0.497 e. The molecule has 2 heterocycles. The van der Waals surface area contributed by atoms with E-state index in [9.17, 15) is 4.79 Å². The van der Waals surface area contributed by atoms with Gasteiger partial charge in [0.15, 0.2) is 0 Å². The number of anilines is 1. The molecular weight excluding hydrogens is 332 g/mol. The quantitative estimate of drug-likeness (QED) is 0.737. The number of carbonyl (C=O) groups is 1. The van der Waals surface area contributed by atoms with Crippen LogP contribution in [0.5, 0.6) is 11.5 Å². The topological polar surface area (TPSA) is 60.9 Å². The van der Waals surface area contributed by atoms with Gasteiger partial charge in [-0.3, -0.25) is 0 Å². The molecule has 1 atom stereocenters. The zero-order chi connectivity index (χ0) is 18.5. The number of hydrogen-bond acceptors (Lipinski definition) is 6. The van der Waals surface area contributed by atoms with Gasteiger partial charge in [0.05, 0.1) is 32.4 Å². The molecule has 3 rings (SSSR count). The van der Waals surface area contributed by atoms with Crippen molar-refractivity contribution in [2.24, 2.45) is 0 Å². The van der Waals surface area contributed by atoms with E-state index in [2.05, 4.69) is 9.88 Å². The van der Waals surface area contributed by atoms with Crippen molar-refractivity contribution in [1.29, 1.82) is 0 Å². The van der Waals surface area contributed by atoms with Gasteiger partial charge in [-0.1, -0.05) is 0 Å². The van der Waals surface area contributed by atoms with Crippen molar-refractivity contribution in [1.82, 2.24) is 4.98 Å². The number of hydrogen-bond donors (Lipinski definition) is 0. The fourth-order valence-electron chi connectivity index (χ4n) is 3.36. The van der Waals surface area contributed by atoms with Crippen molar-refractivity contribution in [2.45, 2.75) is 25.8 Å². The second-order valence-electron chi connectivity index (χ2n) is 6.08. The van der Waals surface area contributed by atoms with Gasteiger partial charge in [-0.2, -0.15) is 0 Å². The lowest BCUT2D eigenvalue weighted by atomic mass is 10.0. The van der Waals surface area contributed by atoms with E-state index in [1.54, 1.807) is 33.4 Å². The van der Waals surface area contributed by atoms with E-state index in [1.165, 1.54) is 0 Å². The van der Waals surface area contributed by atoms with Gasteiger partial charge in [0, 0.05) is 18.3 Å². The minimum absolute atomic E-state index is 0.154. The van der Waals surface area contributed by atoms with Crippen molar-refractivity contribution in [2.75, 3.05) is 32.3 Å². The zero-order valence-electron chi connectivity index (χ0n) is 15.4. The van der Waals surface area contributed by atoms with Crippen molar-refractivity contribution >= 4 is 11.8 Å². The molecule has 26 heavy (non-hydrogen) atoms. The van der Waals surface area contributed by atoms with Crippen LogP contribution in [-0.2, 0) is 4.74 Å². The first kappa shape index (κ1) is 18.0. The highest BCUT2D eigenvalue weighted by Crippen LogP contribution is 2.40. The smallest absolute Gasteiger partial charge is 0.339 e. The van der Waals surface area contributed by atoms with Crippen molar-refractivity contribution in [3.63, 3.8) is 0 Å². The Hall–Kier alpha value is -2.76. The molecule has 2 aromatic rings. The molecule has 1 aliphatic heterocycles. The molecule has 0 N–H and O–H groups in total. The summed E-state index contributed by atoms with van der Waals surface area (Å²) in [6, 6.07) is 9.64. The van der Waals surface area contributed by atoms with Crippen LogP contribution in [-0.4, -0.2) is 38.3 Å². The lowest BCUT2D eigenvalue weighted by Crippen LogP contribution is -2.24. The molecule has 0 spiro atoms. The SMILES string of the molecule is CCOC(=O)c1ccc(N2CCC[C@H]2c2cc(OC)ccc2OC)nc1. The van der Waals surface area contributed by atoms with Crippen LogP contribution >= 0.6 is 0 Å². The summed E-state index contributed by atoms with van der Waals surface area (Å²) in [4.78, 5) is 18.5. The number of rotatable bonds is 6. The van der Waals surface area contributed by atoms with Gasteiger partial charge >= 0.3 is 5.97 Å². The largest absolute Gasteiger partial charge is 0.497 e. The number of pyridine rings is 1. The van der Waals surface area contributed by atoms with Gasteiger partial charge in [-0.15, -0.1) is 0 Å². The fourth-order valence-corrected chi connectivity index (χ4v) is 3.36. The number of methoxy groups -OCH3 is 2. The zero-order valence-corrected chi connectivity index (χ0v) is 15.4. The number of aromatic nitrogens is 1. The van der Waals surface area contributed by atoms with Crippen LogP contribution in [0, 0.1) is 0 Å². The van der Waals surface area contributed by atoms with E-state index >= 15 is 0 Å². The molecule has 0 aliphatic carbocycles. The highest BCUT2D eigenvalue weighted by atomic mass is 16.5. The van der Waals surface area contributed by atoms with Gasteiger partial charge in [-0.25, -0.2) is 9.78 Å². The molecule has 1 aliphatic rings. The molecule has 0 bridgehead atoms. The third kappa shape index (κ3) is 3.59. The Morgan fingerprint density at radius 2 is 2.08 bits per heavy atom. The third-order valence-corrected chi connectivity index (χ3v) is 4.60. The summed E-state index contributed by atoms with van der Waals surface area (Å²) in [6.45, 7) is 3.04. The molecule has 0 amide bonds. The Bertz CT molecular complexity index is 761. The second kappa shape index (κ2) is 8.08. The maximum Gasteiger partial charge on any atom is 0.339 e. The lowest BCUT2D eigenvalue weighted by molar-refractivity contribution is 0.0526. The second-order valence-corrected chi connectivity index (χ2v) is 6.08. The Morgan fingerprint density at radius 3 is 2.73 bits per heavy atom. The monoisotopic (exact) mass is 356 g/mol. The van der Waals surface area contributed by atoms with E-state index in [1.807, 2.05) is 24.3 Å². The first-order valence-corrected chi connectivity index (χ1v) is 8.79. The predicted molar refractivity (Wildman–Crippen MR) is 99.1 cm³/mol. The number of ether oxygens (including phenoxy) is 3. The van der Waals surface area contributed by atoms with Gasteiger partial charge in [-0.05, 0) is 50.1 Å². The van der Waals surface area contributed by atoms with Crippen LogP contribution in [0.15, 0.2) is 36.5 Å². The van der Waals surface area contributed by atoms with Crippen molar-refractivity contribution in [3.05, 3.63) is 47.7 Å². The first-order chi connectivity index (χ1) is 12.7. The third-order valence-electron chi connectivity index (χ3n) is 4.60. The first-order valence-electron chi connectivity index (χ1n) is 8.79. The van der Waals surface area contributed by atoms with Gasteiger partial charge in [0.1, 0.15) is 17.3 Å². The van der Waals surface area contributed by atoms with Crippen LogP contribution in [0.2, 0.25) is 0 Å². The summed E-state index contributed by atoms with van der Waals surface area (Å²) < 4.78 is 16.0. The number of nitrogens with zero attached hydrogens (tertiary/aromatic N) is 2. The summed E-state index contributed by atoms with van der Waals surface area (Å²) in [5, 5.41) is 0. The summed E-state index contributed by atoms with van der Waals surface area (Å²) in [6.07, 6.45) is 3.64. The summed E-state index contributed by atoms with van der Waals surface area (Å²) in [7, 11) is 3.34. The van der Waals surface area contributed by atoms with Crippen molar-refractivity contribution in [3.8, 4) is 11.5 Å². The average Bonchev–Trinajstić information content (AvgIpc) is 3.17. The lowest BCUT2D eigenvalue weighted by Gasteiger charge is -2.27. The highest BCUT2D eigenvalue weighted by molar-refractivity contribution is 5.89. The Kier molecular flexibility index (Phi) is 5.61. The molecule has 6 heteroatoms. The molecule has 1 aromatic heterocycles.